The van der Waals surface area contributed by atoms with Crippen molar-refractivity contribution < 1.29 is 17.9 Å². The molecule has 1 aliphatic carbocycles. The van der Waals surface area contributed by atoms with E-state index in [2.05, 4.69) is 25.3 Å². The van der Waals surface area contributed by atoms with E-state index in [1.54, 1.807) is 19.1 Å². The van der Waals surface area contributed by atoms with Gasteiger partial charge in [-0.2, -0.15) is 4.98 Å². The summed E-state index contributed by atoms with van der Waals surface area (Å²) in [5.74, 6) is 1.12. The van der Waals surface area contributed by atoms with Gasteiger partial charge in [0.15, 0.2) is 5.65 Å². The van der Waals surface area contributed by atoms with Gasteiger partial charge in [-0.3, -0.25) is 0 Å². The molecule has 0 amide bonds. The molecule has 1 aliphatic rings. The van der Waals surface area contributed by atoms with Crippen LogP contribution in [0.2, 0.25) is 0 Å². The summed E-state index contributed by atoms with van der Waals surface area (Å²) < 4.78 is 47.0. The number of pyridine rings is 1. The molecular formula is C22H25F3N6O. The van der Waals surface area contributed by atoms with Gasteiger partial charge in [0.05, 0.1) is 37.2 Å². The second kappa shape index (κ2) is 8.40. The molecule has 10 heteroatoms. The maximum absolute atomic E-state index is 13.9. The third-order valence-electron chi connectivity index (χ3n) is 5.19. The van der Waals surface area contributed by atoms with E-state index in [0.29, 0.717) is 52.9 Å². The van der Waals surface area contributed by atoms with Crippen LogP contribution in [-0.4, -0.2) is 50.3 Å². The van der Waals surface area contributed by atoms with Crippen LogP contribution in [0.3, 0.4) is 0 Å². The summed E-state index contributed by atoms with van der Waals surface area (Å²) in [4.78, 5) is 18.0. The molecule has 0 bridgehead atoms. The van der Waals surface area contributed by atoms with Crippen molar-refractivity contribution in [3.05, 3.63) is 41.0 Å². The number of anilines is 1. The fourth-order valence-electron chi connectivity index (χ4n) is 3.76. The molecule has 0 aromatic carbocycles. The van der Waals surface area contributed by atoms with E-state index in [0.717, 1.165) is 11.3 Å². The zero-order chi connectivity index (χ0) is 23.0. The molecule has 3 aromatic rings. The third kappa shape index (κ3) is 4.39. The monoisotopic (exact) mass is 446 g/mol. The first-order valence-corrected chi connectivity index (χ1v) is 10.4. The quantitative estimate of drug-likeness (QED) is 0.582. The number of allylic oxidation sites excluding steroid dienone is 1. The van der Waals surface area contributed by atoms with Crippen LogP contribution >= 0.6 is 0 Å². The van der Waals surface area contributed by atoms with Crippen molar-refractivity contribution in [1.82, 2.24) is 24.5 Å². The van der Waals surface area contributed by atoms with Crippen LogP contribution in [0.15, 0.2) is 18.2 Å². The number of nitrogens with one attached hydrogen (secondary N) is 1. The molecule has 0 radical (unpaired) electrons. The number of aromatic nitrogens is 5. The van der Waals surface area contributed by atoms with Gasteiger partial charge >= 0.3 is 0 Å². The van der Waals surface area contributed by atoms with Crippen molar-refractivity contribution in [1.29, 1.82) is 0 Å². The topological polar surface area (TPSA) is 77.8 Å². The number of nitrogens with zero attached hydrogens (tertiary/aromatic N) is 5. The van der Waals surface area contributed by atoms with E-state index in [1.165, 1.54) is 25.5 Å². The number of aryl methyl sites for hydroxylation is 2. The summed E-state index contributed by atoms with van der Waals surface area (Å²) in [7, 11) is 1.51. The highest BCUT2D eigenvalue weighted by Gasteiger charge is 2.25. The molecule has 0 aliphatic heterocycles. The summed E-state index contributed by atoms with van der Waals surface area (Å²) in [6, 6.07) is 3.58. The van der Waals surface area contributed by atoms with Crippen LogP contribution in [0.1, 0.15) is 43.0 Å². The van der Waals surface area contributed by atoms with Gasteiger partial charge in [-0.05, 0) is 45.7 Å². The number of fused-ring (bicyclic) bond motifs is 2. The van der Waals surface area contributed by atoms with E-state index in [-0.39, 0.29) is 6.54 Å². The molecular weight excluding hydrogens is 421 g/mol. The lowest BCUT2D eigenvalue weighted by Crippen LogP contribution is -2.25. The maximum atomic E-state index is 13.9. The lowest BCUT2D eigenvalue weighted by molar-refractivity contribution is 0.127. The Hall–Kier alpha value is -3.17. The minimum Gasteiger partial charge on any atom is -0.480 e. The van der Waals surface area contributed by atoms with Crippen molar-refractivity contribution in [2.45, 2.75) is 52.3 Å². The number of imidazole rings is 1. The Morgan fingerprint density at radius 3 is 2.66 bits per heavy atom. The fraction of sp³-hybridized carbons (Fsp3) is 0.455. The molecule has 32 heavy (non-hydrogen) atoms. The van der Waals surface area contributed by atoms with Gasteiger partial charge in [-0.25, -0.2) is 28.1 Å². The Balaban J connectivity index is 1.76. The Labute approximate surface area is 183 Å². The molecule has 0 atom stereocenters. The Morgan fingerprint density at radius 2 is 1.97 bits per heavy atom. The predicted molar refractivity (Wildman–Crippen MR) is 116 cm³/mol. The maximum Gasteiger partial charge on any atom is 0.256 e. The lowest BCUT2D eigenvalue weighted by Gasteiger charge is -2.21. The van der Waals surface area contributed by atoms with Crippen molar-refractivity contribution in [3.8, 4) is 5.88 Å². The number of ether oxygens (including phenoxy) is 1. The van der Waals surface area contributed by atoms with Crippen LogP contribution < -0.4 is 10.1 Å². The zero-order valence-electron chi connectivity index (χ0n) is 18.4. The minimum absolute atomic E-state index is 0.0589. The molecule has 4 rings (SSSR count). The van der Waals surface area contributed by atoms with Crippen LogP contribution in [0.25, 0.3) is 16.7 Å². The molecule has 1 N–H and O–H groups in total. The average molecular weight is 446 g/mol. The molecule has 3 aromatic heterocycles. The lowest BCUT2D eigenvalue weighted by atomic mass is 9.93. The molecule has 3 heterocycles. The van der Waals surface area contributed by atoms with Gasteiger partial charge in [-0.15, -0.1) is 0 Å². The van der Waals surface area contributed by atoms with Crippen molar-refractivity contribution in [2.75, 3.05) is 19.0 Å². The van der Waals surface area contributed by atoms with E-state index in [9.17, 15) is 13.2 Å². The van der Waals surface area contributed by atoms with Crippen LogP contribution in [0.4, 0.5) is 19.1 Å². The first-order valence-electron chi connectivity index (χ1n) is 10.4. The standard InChI is InChI=1S/C22H25F3N6O/c1-12-27-16-9-8-14(28-19(16)31(12)10-17(23)24)13-6-5-7-15-18(13)20(32-4)30-21(29-15)26-11-22(2,3)25/h6,8-9,17H,5,7,10-11H2,1-4H3,(H,26,29,30). The highest BCUT2D eigenvalue weighted by Crippen LogP contribution is 2.37. The Bertz CT molecular complexity index is 1180. The smallest absolute Gasteiger partial charge is 0.256 e. The van der Waals surface area contributed by atoms with Gasteiger partial charge in [0.25, 0.3) is 6.43 Å². The highest BCUT2D eigenvalue weighted by atomic mass is 19.3. The molecule has 0 spiro atoms. The molecule has 0 saturated heterocycles. The number of hydrogen-bond donors (Lipinski definition) is 1. The fourth-order valence-corrected chi connectivity index (χ4v) is 3.76. The largest absolute Gasteiger partial charge is 0.480 e. The number of alkyl halides is 3. The second-order valence-corrected chi connectivity index (χ2v) is 8.31. The Morgan fingerprint density at radius 1 is 1.19 bits per heavy atom. The van der Waals surface area contributed by atoms with E-state index < -0.39 is 18.6 Å². The van der Waals surface area contributed by atoms with Crippen molar-refractivity contribution in [2.24, 2.45) is 0 Å². The summed E-state index contributed by atoms with van der Waals surface area (Å²) in [6.45, 7) is 4.21. The van der Waals surface area contributed by atoms with Gasteiger partial charge < -0.3 is 14.6 Å². The summed E-state index contributed by atoms with van der Waals surface area (Å²) in [6.07, 6.45) is 0.877. The SMILES string of the molecule is COc1nc(NCC(C)(C)F)nc2c1C(c1ccc3nc(C)n(CC(F)F)c3n1)=CCC2. The van der Waals surface area contributed by atoms with Gasteiger partial charge in [0, 0.05) is 5.57 Å². The van der Waals surface area contributed by atoms with E-state index in [1.807, 2.05) is 6.08 Å². The predicted octanol–water partition coefficient (Wildman–Crippen LogP) is 4.34. The van der Waals surface area contributed by atoms with Gasteiger partial charge in [0.1, 0.15) is 17.0 Å². The molecule has 170 valence electrons. The van der Waals surface area contributed by atoms with Crippen LogP contribution in [0, 0.1) is 6.92 Å². The van der Waals surface area contributed by atoms with Crippen molar-refractivity contribution >= 4 is 22.7 Å². The first-order chi connectivity index (χ1) is 15.2. The van der Waals surface area contributed by atoms with Gasteiger partial charge in [0.2, 0.25) is 11.8 Å². The number of halogens is 3. The summed E-state index contributed by atoms with van der Waals surface area (Å²) >= 11 is 0. The van der Waals surface area contributed by atoms with E-state index in [4.69, 9.17) is 4.74 Å². The third-order valence-corrected chi connectivity index (χ3v) is 5.19. The summed E-state index contributed by atoms with van der Waals surface area (Å²) in [5.41, 5.74) is 2.36. The average Bonchev–Trinajstić information content (AvgIpc) is 3.04. The van der Waals surface area contributed by atoms with Gasteiger partial charge in [-0.1, -0.05) is 6.08 Å². The molecule has 0 unspecified atom stereocenters. The Kier molecular flexibility index (Phi) is 5.79. The van der Waals surface area contributed by atoms with Crippen molar-refractivity contribution in [3.63, 3.8) is 0 Å². The molecule has 0 saturated carbocycles. The van der Waals surface area contributed by atoms with E-state index >= 15 is 0 Å². The normalized spacial score (nSPS) is 13.9. The summed E-state index contributed by atoms with van der Waals surface area (Å²) in [5, 5.41) is 2.92. The molecule has 0 fully saturated rings. The molecule has 7 nitrogen and oxygen atoms in total. The number of methoxy groups -OCH3 is 1. The highest BCUT2D eigenvalue weighted by molar-refractivity contribution is 5.85. The van der Waals surface area contributed by atoms with Crippen LogP contribution in [-0.2, 0) is 13.0 Å². The first kappa shape index (κ1) is 22.0. The minimum atomic E-state index is -2.51. The zero-order valence-corrected chi connectivity index (χ0v) is 18.4. The van der Waals surface area contributed by atoms with Crippen LogP contribution in [0.5, 0.6) is 5.88 Å². The number of rotatable bonds is 7. The number of hydrogen-bond acceptors (Lipinski definition) is 6. The second-order valence-electron chi connectivity index (χ2n) is 8.31.